The highest BCUT2D eigenvalue weighted by Gasteiger charge is 3.00. The van der Waals surface area contributed by atoms with Crippen molar-refractivity contribution in [3.63, 3.8) is 0 Å². The Morgan fingerprint density at radius 3 is 1.32 bits per heavy atom. The van der Waals surface area contributed by atoms with Gasteiger partial charge in [0.2, 0.25) is 0 Å². The summed E-state index contributed by atoms with van der Waals surface area (Å²) in [4.78, 5) is 0. The lowest BCUT2D eigenvalue weighted by Gasteiger charge is -2.32. The molecule has 0 spiro atoms. The van der Waals surface area contributed by atoms with Crippen molar-refractivity contribution in [1.82, 2.24) is 0 Å². The van der Waals surface area contributed by atoms with E-state index in [2.05, 4.69) is 0 Å². The molecule has 19 heavy (non-hydrogen) atoms. The molecule has 1 saturated carbocycles. The van der Waals surface area contributed by atoms with Crippen molar-refractivity contribution in [2.75, 3.05) is 0 Å². The van der Waals surface area contributed by atoms with Crippen LogP contribution in [0, 0.1) is 0 Å². The number of alkyl halides is 10. The lowest BCUT2D eigenvalue weighted by molar-refractivity contribution is -0.303. The van der Waals surface area contributed by atoms with Crippen molar-refractivity contribution in [1.29, 1.82) is 0 Å². The quantitative estimate of drug-likeness (QED) is 0.352. The zero-order valence-corrected chi connectivity index (χ0v) is 11.4. The number of hydrogen-bond acceptors (Lipinski definition) is 0. The molecule has 1 unspecified atom stereocenters. The molecule has 1 aliphatic rings. The third-order valence-corrected chi connectivity index (χ3v) is 4.45. The molecule has 1 aliphatic carbocycles. The molecule has 114 valence electrons. The van der Waals surface area contributed by atoms with E-state index in [0.717, 1.165) is 0 Å². The fourth-order valence-electron chi connectivity index (χ4n) is 1.80. The minimum Gasteiger partial charge on any atom is -0.230 e. The van der Waals surface area contributed by atoms with Crippen LogP contribution in [0.25, 0.3) is 0 Å². The van der Waals surface area contributed by atoms with Gasteiger partial charge in [-0.05, 0) is 6.42 Å². The van der Waals surface area contributed by atoms with E-state index in [-0.39, 0.29) is 6.42 Å². The Morgan fingerprint density at radius 2 is 1.05 bits per heavy atom. The van der Waals surface area contributed by atoms with Gasteiger partial charge in [0.25, 0.3) is 5.67 Å². The number of hydrogen-bond donors (Lipinski definition) is 0. The van der Waals surface area contributed by atoms with Gasteiger partial charge in [-0.2, -0.15) is 35.1 Å². The van der Waals surface area contributed by atoms with E-state index in [1.807, 2.05) is 0 Å². The predicted molar refractivity (Wildman–Crippen MR) is 56.3 cm³/mol. The topological polar surface area (TPSA) is 0 Å². The lowest BCUT2D eigenvalue weighted by Crippen LogP contribution is -2.55. The molecule has 0 N–H and O–H groups in total. The van der Waals surface area contributed by atoms with Crippen LogP contribution in [-0.2, 0) is 0 Å². The maximum absolute atomic E-state index is 13.8. The Labute approximate surface area is 115 Å². The fraction of sp³-hybridized carbons (Fsp3) is 1.00. The van der Waals surface area contributed by atoms with E-state index >= 15 is 0 Å². The molecule has 0 aromatic carbocycles. The van der Waals surface area contributed by atoms with Crippen LogP contribution in [0.3, 0.4) is 0 Å². The highest BCUT2D eigenvalue weighted by atomic mass is 127. The molecule has 10 heteroatoms. The summed E-state index contributed by atoms with van der Waals surface area (Å²) >= 11 is 1.27. The first kappa shape index (κ1) is 17.2. The molecule has 0 aliphatic heterocycles. The Bertz CT molecular complexity index is 339. The second kappa shape index (κ2) is 4.30. The molecule has 0 aromatic heterocycles. The van der Waals surface area contributed by atoms with Gasteiger partial charge in [-0.15, -0.1) is 0 Å². The Kier molecular flexibility index (Phi) is 3.88. The molecule has 0 nitrogen and oxygen atoms in total. The van der Waals surface area contributed by atoms with Crippen molar-refractivity contribution in [3.05, 3.63) is 0 Å². The summed E-state index contributed by atoms with van der Waals surface area (Å²) in [6.45, 7) is 1.29. The van der Waals surface area contributed by atoms with Crippen molar-refractivity contribution < 1.29 is 39.5 Å². The Morgan fingerprint density at radius 1 is 0.737 bits per heavy atom. The first-order valence-electron chi connectivity index (χ1n) is 5.05. The highest BCUT2D eigenvalue weighted by molar-refractivity contribution is 14.1. The molecule has 0 amide bonds. The smallest absolute Gasteiger partial charge is 0.230 e. The second-order valence-corrected chi connectivity index (χ2v) is 6.07. The molecule has 1 rings (SSSR count). The van der Waals surface area contributed by atoms with Crippen molar-refractivity contribution >= 4 is 22.6 Å². The van der Waals surface area contributed by atoms with Crippen LogP contribution in [0.4, 0.5) is 39.5 Å². The van der Waals surface area contributed by atoms with Crippen LogP contribution in [0.1, 0.15) is 19.8 Å². The van der Waals surface area contributed by atoms with Crippen LogP contribution in [0.2, 0.25) is 0 Å². The van der Waals surface area contributed by atoms with E-state index in [0.29, 0.717) is 0 Å². The molecule has 0 radical (unpaired) electrons. The van der Waals surface area contributed by atoms with Crippen molar-refractivity contribution in [2.24, 2.45) is 0 Å². The van der Waals surface area contributed by atoms with Crippen LogP contribution in [-0.4, -0.2) is 33.3 Å². The molecule has 1 fully saturated rings. The molecular weight excluding hydrogens is 406 g/mol. The van der Waals surface area contributed by atoms with Gasteiger partial charge in [0.15, 0.2) is 0 Å². The summed E-state index contributed by atoms with van der Waals surface area (Å²) < 4.78 is 117. The molecular formula is C9H8F9I. The molecule has 0 bridgehead atoms. The molecule has 0 heterocycles. The van der Waals surface area contributed by atoms with Gasteiger partial charge in [-0.1, -0.05) is 29.5 Å². The summed E-state index contributed by atoms with van der Waals surface area (Å²) in [5.41, 5.74) is -5.30. The molecule has 0 saturated heterocycles. The zero-order chi connectivity index (χ0) is 15.5. The zero-order valence-electron chi connectivity index (χ0n) is 9.27. The van der Waals surface area contributed by atoms with Gasteiger partial charge in [-0.3, -0.25) is 0 Å². The average molecular weight is 414 g/mol. The number of halogens is 10. The Balaban J connectivity index is 3.46. The van der Waals surface area contributed by atoms with Gasteiger partial charge in [0, 0.05) is 10.3 Å². The Hall–Kier alpha value is 0.1000. The summed E-state index contributed by atoms with van der Waals surface area (Å²) in [5.74, 6) is -25.2. The standard InChI is InChI=1S/C9H8F9I/c1-2-4(19)3-5(10)6(11,12)8(15,16)9(17,18)7(5,13)14/h4H,2-3H2,1H3. The summed E-state index contributed by atoms with van der Waals surface area (Å²) in [5, 5.41) is 0. The van der Waals surface area contributed by atoms with E-state index in [1.165, 1.54) is 29.5 Å². The van der Waals surface area contributed by atoms with Crippen molar-refractivity contribution in [3.8, 4) is 0 Å². The number of rotatable bonds is 3. The van der Waals surface area contributed by atoms with Gasteiger partial charge < -0.3 is 0 Å². The third kappa shape index (κ3) is 1.73. The third-order valence-electron chi connectivity index (χ3n) is 3.12. The molecule has 0 aromatic rings. The van der Waals surface area contributed by atoms with Gasteiger partial charge in [0.1, 0.15) is 0 Å². The summed E-state index contributed by atoms with van der Waals surface area (Å²) in [6, 6.07) is 0. The van der Waals surface area contributed by atoms with Gasteiger partial charge >= 0.3 is 23.7 Å². The second-order valence-electron chi connectivity index (χ2n) is 4.31. The SMILES string of the molecule is CCC(I)CC1(F)C(F)(F)C(F)(F)C(F)(F)C1(F)F. The molecule has 1 atom stereocenters. The van der Waals surface area contributed by atoms with Crippen LogP contribution in [0.15, 0.2) is 0 Å². The lowest BCUT2D eigenvalue weighted by atomic mass is 9.91. The average Bonchev–Trinajstić information content (AvgIpc) is 2.30. The highest BCUT2D eigenvalue weighted by Crippen LogP contribution is 2.70. The maximum atomic E-state index is 13.8. The summed E-state index contributed by atoms with van der Waals surface area (Å²) in [7, 11) is 0. The van der Waals surface area contributed by atoms with Crippen LogP contribution in [0.5, 0.6) is 0 Å². The minimum atomic E-state index is -6.46. The van der Waals surface area contributed by atoms with E-state index in [1.54, 1.807) is 0 Å². The van der Waals surface area contributed by atoms with Crippen LogP contribution < -0.4 is 0 Å². The van der Waals surface area contributed by atoms with Gasteiger partial charge in [0.05, 0.1) is 0 Å². The minimum absolute atomic E-state index is 0.116. The monoisotopic (exact) mass is 414 g/mol. The predicted octanol–water partition coefficient (Wildman–Crippen LogP) is 4.85. The van der Waals surface area contributed by atoms with E-state index in [4.69, 9.17) is 0 Å². The normalized spacial score (nSPS) is 31.1. The first-order chi connectivity index (χ1) is 8.20. The fourth-order valence-corrected chi connectivity index (χ4v) is 2.40. The maximum Gasteiger partial charge on any atom is 0.381 e. The first-order valence-corrected chi connectivity index (χ1v) is 6.29. The summed E-state index contributed by atoms with van der Waals surface area (Å²) in [6.07, 6.45) is -1.91. The van der Waals surface area contributed by atoms with E-state index in [9.17, 15) is 39.5 Å². The van der Waals surface area contributed by atoms with Gasteiger partial charge in [-0.25, -0.2) is 4.39 Å². The van der Waals surface area contributed by atoms with Crippen molar-refractivity contribution in [2.45, 2.75) is 53.0 Å². The van der Waals surface area contributed by atoms with E-state index < -0.39 is 39.7 Å². The largest absolute Gasteiger partial charge is 0.381 e. The van der Waals surface area contributed by atoms with Crippen LogP contribution >= 0.6 is 22.6 Å².